The molecule has 0 unspecified atom stereocenters. The van der Waals surface area contributed by atoms with Gasteiger partial charge in [-0.2, -0.15) is 0 Å². The Morgan fingerprint density at radius 3 is 2.00 bits per heavy atom. The average Bonchev–Trinajstić information content (AvgIpc) is 2.60. The molecule has 0 aromatic rings. The molecule has 0 saturated carbocycles. The van der Waals surface area contributed by atoms with Gasteiger partial charge in [-0.1, -0.05) is 13.8 Å². The summed E-state index contributed by atoms with van der Waals surface area (Å²) >= 11 is 0. The Labute approximate surface area is 175 Å². The zero-order chi connectivity index (χ0) is 19.0. The van der Waals surface area contributed by atoms with E-state index in [-0.39, 0.29) is 55.0 Å². The van der Waals surface area contributed by atoms with Crippen molar-refractivity contribution in [2.75, 3.05) is 52.4 Å². The van der Waals surface area contributed by atoms with Gasteiger partial charge in [-0.05, 0) is 19.8 Å². The van der Waals surface area contributed by atoms with E-state index in [1.165, 1.54) is 0 Å². The fourth-order valence-electron chi connectivity index (χ4n) is 2.72. The quantitative estimate of drug-likeness (QED) is 0.565. The van der Waals surface area contributed by atoms with E-state index in [4.69, 9.17) is 5.73 Å². The van der Waals surface area contributed by atoms with Crippen LogP contribution in [0.15, 0.2) is 0 Å². The molecule has 27 heavy (non-hydrogen) atoms. The fourth-order valence-corrected chi connectivity index (χ4v) is 2.72. The summed E-state index contributed by atoms with van der Waals surface area (Å²) in [7, 11) is 0. The number of rotatable bonds is 8. The van der Waals surface area contributed by atoms with Crippen LogP contribution in [0.5, 0.6) is 0 Å². The smallest absolute Gasteiger partial charge is 0.242 e. The van der Waals surface area contributed by atoms with Gasteiger partial charge in [0.15, 0.2) is 0 Å². The summed E-state index contributed by atoms with van der Waals surface area (Å²) in [5.74, 6) is -0.257. The molecule has 1 fully saturated rings. The van der Waals surface area contributed by atoms with Crippen LogP contribution in [0.1, 0.15) is 27.7 Å². The van der Waals surface area contributed by atoms with Gasteiger partial charge in [0, 0.05) is 39.3 Å². The van der Waals surface area contributed by atoms with Crippen LogP contribution in [-0.4, -0.2) is 90.8 Å². The molecule has 1 rings (SSSR count). The second-order valence-corrected chi connectivity index (χ2v) is 6.71. The molecule has 0 aromatic heterocycles. The number of carbonyl (C=O) groups is 3. The molecular formula is C17H35Cl2N5O3. The van der Waals surface area contributed by atoms with Crippen LogP contribution in [0, 0.1) is 5.92 Å². The number of halogens is 2. The first-order valence-corrected chi connectivity index (χ1v) is 9.11. The Balaban J connectivity index is 0. The Bertz CT molecular complexity index is 467. The van der Waals surface area contributed by atoms with Crippen LogP contribution >= 0.6 is 24.8 Å². The molecule has 0 aromatic carbocycles. The molecule has 0 radical (unpaired) electrons. The van der Waals surface area contributed by atoms with Crippen molar-refractivity contribution in [3.8, 4) is 0 Å². The minimum Gasteiger partial charge on any atom is -0.346 e. The van der Waals surface area contributed by atoms with E-state index in [2.05, 4.69) is 10.2 Å². The van der Waals surface area contributed by atoms with Gasteiger partial charge < -0.3 is 20.9 Å². The molecule has 0 bridgehead atoms. The summed E-state index contributed by atoms with van der Waals surface area (Å²) in [6.07, 6.45) is 0. The van der Waals surface area contributed by atoms with Gasteiger partial charge in [-0.3, -0.25) is 19.3 Å². The minimum atomic E-state index is -0.601. The summed E-state index contributed by atoms with van der Waals surface area (Å²) in [6.45, 7) is 11.9. The lowest BCUT2D eigenvalue weighted by atomic mass is 10.1. The van der Waals surface area contributed by atoms with Gasteiger partial charge in [0.25, 0.3) is 0 Å². The maximum atomic E-state index is 12.2. The molecule has 0 aliphatic carbocycles. The molecule has 3 N–H and O–H groups in total. The Morgan fingerprint density at radius 2 is 1.56 bits per heavy atom. The highest BCUT2D eigenvalue weighted by Gasteiger charge is 2.24. The van der Waals surface area contributed by atoms with Crippen LogP contribution in [0.2, 0.25) is 0 Å². The van der Waals surface area contributed by atoms with Gasteiger partial charge in [0.2, 0.25) is 17.7 Å². The lowest BCUT2D eigenvalue weighted by Crippen LogP contribution is -2.54. The van der Waals surface area contributed by atoms with Crippen molar-refractivity contribution in [3.63, 3.8) is 0 Å². The highest BCUT2D eigenvalue weighted by Crippen LogP contribution is 2.04. The summed E-state index contributed by atoms with van der Waals surface area (Å²) < 4.78 is 0. The average molecular weight is 428 g/mol. The topological polar surface area (TPSA) is 99.0 Å². The number of nitrogens with one attached hydrogen (secondary N) is 1. The molecule has 1 aliphatic heterocycles. The molecule has 8 nitrogen and oxygen atoms in total. The normalized spacial score (nSPS) is 15.4. The van der Waals surface area contributed by atoms with Crippen molar-refractivity contribution in [1.82, 2.24) is 20.0 Å². The first-order valence-electron chi connectivity index (χ1n) is 9.11. The van der Waals surface area contributed by atoms with Crippen molar-refractivity contribution in [3.05, 3.63) is 0 Å². The van der Waals surface area contributed by atoms with Crippen molar-refractivity contribution in [2.45, 2.75) is 33.7 Å². The standard InChI is InChI=1S/C17H33N5O3.2ClH/c1-5-21(6-2)15(24)12-20-7-9-22(10-8-20)14(23)11-19-17(25)16(18)13(3)4;;/h13,16H,5-12,18H2,1-4H3,(H,19,25);2*1H/t16-;;/m0../s1. The predicted molar refractivity (Wildman–Crippen MR) is 111 cm³/mol. The molecule has 1 heterocycles. The maximum Gasteiger partial charge on any atom is 0.242 e. The third-order valence-corrected chi connectivity index (χ3v) is 4.63. The van der Waals surface area contributed by atoms with E-state index in [1.807, 2.05) is 32.6 Å². The van der Waals surface area contributed by atoms with E-state index in [9.17, 15) is 14.4 Å². The van der Waals surface area contributed by atoms with Gasteiger partial charge in [-0.15, -0.1) is 24.8 Å². The second kappa shape index (κ2) is 14.0. The van der Waals surface area contributed by atoms with Crippen LogP contribution in [0.4, 0.5) is 0 Å². The number of amides is 3. The molecule has 3 amide bonds. The summed E-state index contributed by atoms with van der Waals surface area (Å²) in [5, 5.41) is 2.60. The van der Waals surface area contributed by atoms with E-state index in [0.717, 1.165) is 0 Å². The zero-order valence-electron chi connectivity index (χ0n) is 16.8. The van der Waals surface area contributed by atoms with E-state index >= 15 is 0 Å². The number of carbonyl (C=O) groups excluding carboxylic acids is 3. The number of hydrogen-bond acceptors (Lipinski definition) is 5. The van der Waals surface area contributed by atoms with E-state index < -0.39 is 6.04 Å². The van der Waals surface area contributed by atoms with Gasteiger partial charge >= 0.3 is 0 Å². The second-order valence-electron chi connectivity index (χ2n) is 6.71. The van der Waals surface area contributed by atoms with Crippen molar-refractivity contribution >= 4 is 42.5 Å². The third-order valence-electron chi connectivity index (χ3n) is 4.63. The SMILES string of the molecule is CCN(CC)C(=O)CN1CCN(C(=O)CNC(=O)[C@@H](N)C(C)C)CC1.Cl.Cl. The van der Waals surface area contributed by atoms with Crippen molar-refractivity contribution in [1.29, 1.82) is 0 Å². The Kier molecular flexibility index (Phi) is 14.6. The zero-order valence-corrected chi connectivity index (χ0v) is 18.4. The summed E-state index contributed by atoms with van der Waals surface area (Å²) in [4.78, 5) is 41.7. The predicted octanol–water partition coefficient (Wildman–Crippen LogP) is -0.0579. The van der Waals surface area contributed by atoms with Gasteiger partial charge in [0.1, 0.15) is 0 Å². The fraction of sp³-hybridized carbons (Fsp3) is 0.824. The first kappa shape index (κ1) is 28.1. The molecule has 0 spiro atoms. The number of piperazine rings is 1. The van der Waals surface area contributed by atoms with Crippen molar-refractivity contribution < 1.29 is 14.4 Å². The highest BCUT2D eigenvalue weighted by atomic mass is 35.5. The van der Waals surface area contributed by atoms with E-state index in [1.54, 1.807) is 4.90 Å². The number of nitrogens with two attached hydrogens (primary N) is 1. The van der Waals surface area contributed by atoms with Crippen LogP contribution in [0.3, 0.4) is 0 Å². The third kappa shape index (κ3) is 9.10. The molecular weight excluding hydrogens is 393 g/mol. The van der Waals surface area contributed by atoms with Crippen LogP contribution in [-0.2, 0) is 14.4 Å². The summed E-state index contributed by atoms with van der Waals surface area (Å²) in [5.41, 5.74) is 5.76. The van der Waals surface area contributed by atoms with Gasteiger partial charge in [0.05, 0.1) is 19.1 Å². The Hall–Kier alpha value is -1.09. The van der Waals surface area contributed by atoms with Crippen LogP contribution < -0.4 is 11.1 Å². The number of likely N-dealkylation sites (N-methyl/N-ethyl adjacent to an activating group) is 1. The van der Waals surface area contributed by atoms with Crippen LogP contribution in [0.25, 0.3) is 0 Å². The van der Waals surface area contributed by atoms with Gasteiger partial charge in [-0.25, -0.2) is 0 Å². The lowest BCUT2D eigenvalue weighted by molar-refractivity contribution is -0.136. The Morgan fingerprint density at radius 1 is 1.04 bits per heavy atom. The lowest BCUT2D eigenvalue weighted by Gasteiger charge is -2.35. The monoisotopic (exact) mass is 427 g/mol. The molecule has 1 saturated heterocycles. The molecule has 1 aliphatic rings. The number of hydrogen-bond donors (Lipinski definition) is 2. The summed E-state index contributed by atoms with van der Waals surface area (Å²) in [6, 6.07) is -0.601. The molecule has 160 valence electrons. The number of nitrogens with zero attached hydrogens (tertiary/aromatic N) is 3. The highest BCUT2D eigenvalue weighted by molar-refractivity contribution is 5.87. The maximum absolute atomic E-state index is 12.2. The largest absolute Gasteiger partial charge is 0.346 e. The van der Waals surface area contributed by atoms with E-state index in [0.29, 0.717) is 45.8 Å². The minimum absolute atomic E-state index is 0. The first-order chi connectivity index (χ1) is 11.8. The molecule has 10 heteroatoms. The molecule has 1 atom stereocenters. The van der Waals surface area contributed by atoms with Crippen molar-refractivity contribution in [2.24, 2.45) is 11.7 Å².